The van der Waals surface area contributed by atoms with Crippen LogP contribution >= 0.6 is 15.9 Å². The van der Waals surface area contributed by atoms with Gasteiger partial charge in [-0.25, -0.2) is 0 Å². The fourth-order valence-electron chi connectivity index (χ4n) is 4.77. The molecule has 28 heavy (non-hydrogen) atoms. The first kappa shape index (κ1) is 17.7. The molecule has 0 spiro atoms. The lowest BCUT2D eigenvalue weighted by molar-refractivity contribution is -0.118. The van der Waals surface area contributed by atoms with Crippen LogP contribution in [0.5, 0.6) is 0 Å². The number of Topliss-reactive ketones (excluding diaryl/α,β-unsaturated/α-hetero) is 1. The summed E-state index contributed by atoms with van der Waals surface area (Å²) >= 11 is 3.59. The second-order valence-corrected chi connectivity index (χ2v) is 9.59. The van der Waals surface area contributed by atoms with E-state index in [-0.39, 0.29) is 17.2 Å². The van der Waals surface area contributed by atoms with Crippen molar-refractivity contribution in [3.63, 3.8) is 0 Å². The van der Waals surface area contributed by atoms with E-state index in [1.807, 2.05) is 12.1 Å². The van der Waals surface area contributed by atoms with Crippen LogP contribution in [0.4, 0.5) is 5.69 Å². The number of allylic oxidation sites excluding steroid dienone is 1. The number of fused-ring (bicyclic) bond motifs is 4. The Bertz CT molecular complexity index is 1160. The van der Waals surface area contributed by atoms with E-state index in [0.717, 1.165) is 27.7 Å². The highest BCUT2D eigenvalue weighted by molar-refractivity contribution is 9.10. The van der Waals surface area contributed by atoms with Crippen LogP contribution in [0.15, 0.2) is 70.7 Å². The van der Waals surface area contributed by atoms with Crippen LogP contribution in [0.25, 0.3) is 16.3 Å². The zero-order valence-corrected chi connectivity index (χ0v) is 17.6. The summed E-state index contributed by atoms with van der Waals surface area (Å²) in [6.07, 6.45) is 1.51. The van der Waals surface area contributed by atoms with E-state index in [0.29, 0.717) is 6.42 Å². The fourth-order valence-corrected chi connectivity index (χ4v) is 5.19. The summed E-state index contributed by atoms with van der Waals surface area (Å²) in [5.74, 6) is 0.266. The number of halogens is 1. The maximum Gasteiger partial charge on any atom is 0.162 e. The van der Waals surface area contributed by atoms with Crippen LogP contribution in [0, 0.1) is 5.41 Å². The molecule has 1 N–H and O–H groups in total. The van der Waals surface area contributed by atoms with Crippen LogP contribution in [0.1, 0.15) is 43.9 Å². The van der Waals surface area contributed by atoms with E-state index >= 15 is 0 Å². The molecule has 3 aromatic carbocycles. The van der Waals surface area contributed by atoms with Gasteiger partial charge in [0.2, 0.25) is 0 Å². The van der Waals surface area contributed by atoms with Crippen LogP contribution < -0.4 is 5.32 Å². The molecule has 1 atom stereocenters. The summed E-state index contributed by atoms with van der Waals surface area (Å²) in [7, 11) is 0. The molecule has 0 saturated carbocycles. The highest BCUT2D eigenvalue weighted by Crippen LogP contribution is 2.52. The van der Waals surface area contributed by atoms with Crippen molar-refractivity contribution in [2.24, 2.45) is 5.41 Å². The fraction of sp³-hybridized carbons (Fsp3) is 0.240. The number of hydrogen-bond acceptors (Lipinski definition) is 2. The average Bonchev–Trinajstić information content (AvgIpc) is 2.66. The molecule has 0 saturated heterocycles. The Morgan fingerprint density at radius 3 is 2.64 bits per heavy atom. The third kappa shape index (κ3) is 2.80. The molecule has 3 aromatic rings. The second kappa shape index (κ2) is 6.31. The van der Waals surface area contributed by atoms with Gasteiger partial charge < -0.3 is 5.32 Å². The Morgan fingerprint density at radius 1 is 1.00 bits per heavy atom. The van der Waals surface area contributed by atoms with Crippen molar-refractivity contribution in [2.75, 3.05) is 5.32 Å². The van der Waals surface area contributed by atoms with Crippen LogP contribution in [0.2, 0.25) is 0 Å². The topological polar surface area (TPSA) is 29.1 Å². The molecule has 3 heteroatoms. The molecular weight excluding hydrogens is 410 g/mol. The van der Waals surface area contributed by atoms with Gasteiger partial charge in [-0.2, -0.15) is 0 Å². The predicted octanol–water partition coefficient (Wildman–Crippen LogP) is 6.91. The summed E-state index contributed by atoms with van der Waals surface area (Å²) in [4.78, 5) is 13.3. The number of rotatable bonds is 1. The van der Waals surface area contributed by atoms with Crippen molar-refractivity contribution in [1.82, 2.24) is 0 Å². The van der Waals surface area contributed by atoms with Gasteiger partial charge in [-0.3, -0.25) is 4.79 Å². The standard InChI is InChI=1S/C25H22BrNO/c1-25(2)13-19-22-18-9-4-3-6-15(18)10-11-20(22)27-24(23(19)21(28)14-25)16-7-5-8-17(26)12-16/h3-12,24,27H,13-14H2,1-2H3/t24-/m1/s1. The molecular formula is C25H22BrNO. The molecule has 0 amide bonds. The molecule has 0 unspecified atom stereocenters. The minimum Gasteiger partial charge on any atom is -0.373 e. The molecule has 2 aliphatic rings. The maximum atomic E-state index is 13.3. The zero-order valence-electron chi connectivity index (χ0n) is 16.1. The Kier molecular flexibility index (Phi) is 3.99. The van der Waals surface area contributed by atoms with E-state index in [4.69, 9.17) is 0 Å². The van der Waals surface area contributed by atoms with Crippen LogP contribution in [-0.4, -0.2) is 5.78 Å². The summed E-state index contributed by atoms with van der Waals surface area (Å²) in [5.41, 5.74) is 5.59. The number of ketones is 1. The average molecular weight is 432 g/mol. The normalized spacial score (nSPS) is 20.5. The molecule has 1 heterocycles. The second-order valence-electron chi connectivity index (χ2n) is 8.67. The minimum absolute atomic E-state index is 0.0245. The first-order valence-corrected chi connectivity index (χ1v) is 10.5. The summed E-state index contributed by atoms with van der Waals surface area (Å²) in [6.45, 7) is 4.41. The first-order chi connectivity index (χ1) is 13.4. The molecule has 0 fully saturated rings. The molecule has 140 valence electrons. The number of carbonyl (C=O) groups is 1. The third-order valence-electron chi connectivity index (χ3n) is 5.92. The highest BCUT2D eigenvalue weighted by Gasteiger charge is 2.40. The first-order valence-electron chi connectivity index (χ1n) is 9.73. The monoisotopic (exact) mass is 431 g/mol. The Morgan fingerprint density at radius 2 is 1.82 bits per heavy atom. The van der Waals surface area contributed by atoms with E-state index < -0.39 is 0 Å². The van der Waals surface area contributed by atoms with Gasteiger partial charge in [0, 0.05) is 27.7 Å². The lowest BCUT2D eigenvalue weighted by Crippen LogP contribution is -2.33. The summed E-state index contributed by atoms with van der Waals surface area (Å²) in [6, 6.07) is 21.0. The smallest absolute Gasteiger partial charge is 0.162 e. The molecule has 1 aliphatic heterocycles. The molecule has 2 nitrogen and oxygen atoms in total. The Labute approximate surface area is 173 Å². The molecule has 0 aromatic heterocycles. The van der Waals surface area contributed by atoms with Gasteiger partial charge in [-0.1, -0.05) is 72.2 Å². The van der Waals surface area contributed by atoms with Gasteiger partial charge in [0.15, 0.2) is 5.78 Å². The summed E-state index contributed by atoms with van der Waals surface area (Å²) in [5, 5.41) is 6.13. The minimum atomic E-state index is -0.107. The lowest BCUT2D eigenvalue weighted by Gasteiger charge is -2.40. The number of nitrogens with one attached hydrogen (secondary N) is 1. The maximum absolute atomic E-state index is 13.3. The quantitative estimate of drug-likeness (QED) is 0.453. The zero-order chi connectivity index (χ0) is 19.5. The highest BCUT2D eigenvalue weighted by atomic mass is 79.9. The Hall–Kier alpha value is -2.39. The number of anilines is 1. The molecule has 5 rings (SSSR count). The van der Waals surface area contributed by atoms with Crippen molar-refractivity contribution in [3.05, 3.63) is 81.8 Å². The van der Waals surface area contributed by atoms with Crippen LogP contribution in [-0.2, 0) is 4.79 Å². The van der Waals surface area contributed by atoms with Gasteiger partial charge in [-0.05, 0) is 51.9 Å². The molecule has 0 radical (unpaired) electrons. The third-order valence-corrected chi connectivity index (χ3v) is 6.41. The van der Waals surface area contributed by atoms with E-state index in [1.54, 1.807) is 0 Å². The lowest BCUT2D eigenvalue weighted by atomic mass is 9.68. The molecule has 1 aliphatic carbocycles. The molecule has 0 bridgehead atoms. The van der Waals surface area contributed by atoms with Crippen molar-refractivity contribution >= 4 is 43.7 Å². The van der Waals surface area contributed by atoms with E-state index in [2.05, 4.69) is 83.6 Å². The van der Waals surface area contributed by atoms with Crippen molar-refractivity contribution < 1.29 is 4.79 Å². The van der Waals surface area contributed by atoms with E-state index in [9.17, 15) is 4.79 Å². The van der Waals surface area contributed by atoms with Gasteiger partial charge in [-0.15, -0.1) is 0 Å². The van der Waals surface area contributed by atoms with Crippen molar-refractivity contribution in [1.29, 1.82) is 0 Å². The Balaban J connectivity index is 1.81. The SMILES string of the molecule is CC1(C)CC(=O)C2=C(C1)c1c(ccc3ccccc13)N[C@@H]2c1cccc(Br)c1. The summed E-state index contributed by atoms with van der Waals surface area (Å²) < 4.78 is 1.03. The van der Waals surface area contributed by atoms with Crippen molar-refractivity contribution in [2.45, 2.75) is 32.7 Å². The van der Waals surface area contributed by atoms with E-state index in [1.165, 1.54) is 21.9 Å². The number of hydrogen-bond donors (Lipinski definition) is 1. The predicted molar refractivity (Wildman–Crippen MR) is 119 cm³/mol. The van der Waals surface area contributed by atoms with Gasteiger partial charge >= 0.3 is 0 Å². The van der Waals surface area contributed by atoms with Gasteiger partial charge in [0.1, 0.15) is 0 Å². The van der Waals surface area contributed by atoms with Gasteiger partial charge in [0.05, 0.1) is 6.04 Å². The number of benzene rings is 3. The largest absolute Gasteiger partial charge is 0.373 e. The number of carbonyl (C=O) groups excluding carboxylic acids is 1. The van der Waals surface area contributed by atoms with Crippen LogP contribution in [0.3, 0.4) is 0 Å². The van der Waals surface area contributed by atoms with Crippen molar-refractivity contribution in [3.8, 4) is 0 Å². The van der Waals surface area contributed by atoms with Gasteiger partial charge in [0.25, 0.3) is 0 Å².